The summed E-state index contributed by atoms with van der Waals surface area (Å²) in [5, 5.41) is 16.6. The van der Waals surface area contributed by atoms with E-state index in [1.807, 2.05) is 17.5 Å². The molecule has 0 aliphatic carbocycles. The van der Waals surface area contributed by atoms with Gasteiger partial charge in [-0.1, -0.05) is 17.8 Å². The van der Waals surface area contributed by atoms with Crippen LogP contribution >= 0.6 is 23.1 Å². The number of thioether (sulfide) groups is 1. The van der Waals surface area contributed by atoms with Gasteiger partial charge in [0.2, 0.25) is 17.0 Å². The Balaban J connectivity index is 1.61. The summed E-state index contributed by atoms with van der Waals surface area (Å²) in [5.41, 5.74) is 6.18. The number of hydrogen-bond donors (Lipinski definition) is 2. The van der Waals surface area contributed by atoms with Crippen molar-refractivity contribution < 1.29 is 9.59 Å². The van der Waals surface area contributed by atoms with Crippen LogP contribution in [0.15, 0.2) is 46.9 Å². The van der Waals surface area contributed by atoms with Gasteiger partial charge in [-0.25, -0.2) is 4.68 Å². The molecule has 0 aliphatic heterocycles. The number of nitrogens with one attached hydrogen (secondary N) is 1. The summed E-state index contributed by atoms with van der Waals surface area (Å²) in [4.78, 5) is 24.6. The number of nitrogens with two attached hydrogens (primary N) is 1. The Kier molecular flexibility index (Phi) is 5.64. The molecule has 0 fully saturated rings. The summed E-state index contributed by atoms with van der Waals surface area (Å²) < 4.78 is 1.67. The van der Waals surface area contributed by atoms with Crippen molar-refractivity contribution in [2.45, 2.75) is 23.9 Å². The van der Waals surface area contributed by atoms with E-state index in [1.165, 1.54) is 11.8 Å². The van der Waals surface area contributed by atoms with E-state index in [4.69, 9.17) is 5.73 Å². The Morgan fingerprint density at radius 3 is 2.73 bits per heavy atom. The average Bonchev–Trinajstić information content (AvgIpc) is 3.28. The molecular formula is C16H16N6O2S2. The Labute approximate surface area is 157 Å². The molecule has 10 heteroatoms. The maximum Gasteiger partial charge on any atom is 0.248 e. The average molecular weight is 388 g/mol. The number of carbonyl (C=O) groups is 2. The van der Waals surface area contributed by atoms with E-state index in [-0.39, 0.29) is 5.91 Å². The fourth-order valence-corrected chi connectivity index (χ4v) is 3.58. The molecule has 8 nitrogen and oxygen atoms in total. The summed E-state index contributed by atoms with van der Waals surface area (Å²) >= 11 is 2.90. The molecule has 1 atom stereocenters. The van der Waals surface area contributed by atoms with E-state index in [9.17, 15) is 9.59 Å². The smallest absolute Gasteiger partial charge is 0.248 e. The molecule has 0 aliphatic rings. The topological polar surface area (TPSA) is 116 Å². The van der Waals surface area contributed by atoms with Gasteiger partial charge in [0.1, 0.15) is 0 Å². The van der Waals surface area contributed by atoms with Crippen LogP contribution in [0.3, 0.4) is 0 Å². The first-order valence-corrected chi connectivity index (χ1v) is 9.45. The lowest BCUT2D eigenvalue weighted by Crippen LogP contribution is -2.23. The van der Waals surface area contributed by atoms with Gasteiger partial charge in [-0.05, 0) is 53.1 Å². The van der Waals surface area contributed by atoms with Gasteiger partial charge in [0.25, 0.3) is 0 Å². The fraction of sp³-hybridized carbons (Fsp3) is 0.188. The molecule has 0 saturated heterocycles. The van der Waals surface area contributed by atoms with Gasteiger partial charge in [-0.15, -0.1) is 16.4 Å². The number of primary amides is 1. The molecule has 26 heavy (non-hydrogen) atoms. The van der Waals surface area contributed by atoms with Crippen molar-refractivity contribution in [3.8, 4) is 0 Å². The van der Waals surface area contributed by atoms with Crippen LogP contribution in [0, 0.1) is 0 Å². The maximum absolute atomic E-state index is 12.4. The second-order valence-corrected chi connectivity index (χ2v) is 7.73. The van der Waals surface area contributed by atoms with Gasteiger partial charge in [-0.3, -0.25) is 9.59 Å². The number of nitrogens with zero attached hydrogens (tertiary/aromatic N) is 4. The number of rotatable bonds is 7. The monoisotopic (exact) mass is 388 g/mol. The van der Waals surface area contributed by atoms with E-state index in [2.05, 4.69) is 20.8 Å². The summed E-state index contributed by atoms with van der Waals surface area (Å²) in [6.07, 6.45) is 0. The van der Waals surface area contributed by atoms with Crippen molar-refractivity contribution in [1.82, 2.24) is 20.2 Å². The number of amides is 2. The van der Waals surface area contributed by atoms with E-state index in [0.717, 1.165) is 4.88 Å². The van der Waals surface area contributed by atoms with Crippen molar-refractivity contribution in [2.24, 2.45) is 5.73 Å². The molecule has 1 aromatic carbocycles. The minimum Gasteiger partial charge on any atom is -0.366 e. The highest BCUT2D eigenvalue weighted by molar-refractivity contribution is 8.00. The predicted octanol–water partition coefficient (Wildman–Crippen LogP) is 2.00. The number of benzene rings is 1. The molecule has 0 saturated carbocycles. The fourth-order valence-electron chi connectivity index (χ4n) is 2.10. The zero-order valence-electron chi connectivity index (χ0n) is 13.8. The van der Waals surface area contributed by atoms with Crippen LogP contribution in [-0.2, 0) is 11.3 Å². The minimum atomic E-state index is -0.510. The second-order valence-electron chi connectivity index (χ2n) is 5.39. The van der Waals surface area contributed by atoms with Crippen LogP contribution in [0.5, 0.6) is 0 Å². The molecule has 2 amide bonds. The third-order valence-corrected chi connectivity index (χ3v) is 5.41. The molecule has 2 aromatic heterocycles. The van der Waals surface area contributed by atoms with Gasteiger partial charge in [-0.2, -0.15) is 0 Å². The zero-order valence-corrected chi connectivity index (χ0v) is 15.5. The molecule has 0 bridgehead atoms. The third-order valence-electron chi connectivity index (χ3n) is 3.47. The highest BCUT2D eigenvalue weighted by atomic mass is 32.2. The molecule has 134 valence electrons. The normalized spacial score (nSPS) is 11.9. The first kappa shape index (κ1) is 18.1. The van der Waals surface area contributed by atoms with Gasteiger partial charge in [0.05, 0.1) is 11.8 Å². The highest BCUT2D eigenvalue weighted by Gasteiger charge is 2.19. The molecule has 0 radical (unpaired) electrons. The Morgan fingerprint density at radius 1 is 1.31 bits per heavy atom. The Morgan fingerprint density at radius 2 is 2.08 bits per heavy atom. The van der Waals surface area contributed by atoms with Crippen molar-refractivity contribution in [1.29, 1.82) is 0 Å². The predicted molar refractivity (Wildman–Crippen MR) is 100 cm³/mol. The van der Waals surface area contributed by atoms with Gasteiger partial charge < -0.3 is 11.1 Å². The molecule has 2 heterocycles. The summed E-state index contributed by atoms with van der Waals surface area (Å²) in [5.74, 6) is -0.697. The maximum atomic E-state index is 12.4. The number of aromatic nitrogens is 4. The zero-order chi connectivity index (χ0) is 18.5. The molecule has 0 spiro atoms. The Bertz CT molecular complexity index is 892. The minimum absolute atomic E-state index is 0.188. The van der Waals surface area contributed by atoms with Crippen LogP contribution in [0.4, 0.5) is 5.69 Å². The summed E-state index contributed by atoms with van der Waals surface area (Å²) in [6.45, 7) is 2.35. The van der Waals surface area contributed by atoms with Crippen molar-refractivity contribution in [3.63, 3.8) is 0 Å². The molecular weight excluding hydrogens is 372 g/mol. The lowest BCUT2D eigenvalue weighted by atomic mass is 10.2. The second kappa shape index (κ2) is 8.11. The molecule has 3 aromatic rings. The van der Waals surface area contributed by atoms with Gasteiger partial charge in [0.15, 0.2) is 0 Å². The highest BCUT2D eigenvalue weighted by Crippen LogP contribution is 2.23. The van der Waals surface area contributed by atoms with E-state index in [1.54, 1.807) is 47.2 Å². The lowest BCUT2D eigenvalue weighted by molar-refractivity contribution is -0.115. The van der Waals surface area contributed by atoms with Gasteiger partial charge >= 0.3 is 0 Å². The summed E-state index contributed by atoms with van der Waals surface area (Å²) in [7, 11) is 0. The molecule has 3 N–H and O–H groups in total. The number of hydrogen-bond acceptors (Lipinski definition) is 7. The van der Waals surface area contributed by atoms with Crippen LogP contribution in [0.2, 0.25) is 0 Å². The third kappa shape index (κ3) is 4.46. The van der Waals surface area contributed by atoms with Crippen LogP contribution in [-0.4, -0.2) is 37.3 Å². The van der Waals surface area contributed by atoms with Crippen LogP contribution in [0.25, 0.3) is 0 Å². The van der Waals surface area contributed by atoms with E-state index in [0.29, 0.717) is 23.0 Å². The first-order chi connectivity index (χ1) is 12.5. The number of tetrazole rings is 1. The molecule has 0 unspecified atom stereocenters. The standard InChI is InChI=1S/C16H16N6O2S2/c1-10(15(24)18-12-6-4-11(5-7-12)14(17)23)26-16-19-20-21-22(16)9-13-3-2-8-25-13/h2-8,10H,9H2,1H3,(H2,17,23)(H,18,24)/t10-/m1/s1. The van der Waals surface area contributed by atoms with Crippen molar-refractivity contribution in [2.75, 3.05) is 5.32 Å². The van der Waals surface area contributed by atoms with Crippen LogP contribution < -0.4 is 11.1 Å². The quantitative estimate of drug-likeness (QED) is 0.598. The molecule has 3 rings (SSSR count). The number of anilines is 1. The van der Waals surface area contributed by atoms with E-state index < -0.39 is 11.2 Å². The first-order valence-electron chi connectivity index (χ1n) is 7.69. The largest absolute Gasteiger partial charge is 0.366 e. The van der Waals surface area contributed by atoms with Crippen LogP contribution in [0.1, 0.15) is 22.2 Å². The van der Waals surface area contributed by atoms with Gasteiger partial charge in [0, 0.05) is 16.1 Å². The Hall–Kier alpha value is -2.72. The lowest BCUT2D eigenvalue weighted by Gasteiger charge is -2.11. The summed E-state index contributed by atoms with van der Waals surface area (Å²) in [6, 6.07) is 10.4. The van der Waals surface area contributed by atoms with Crippen molar-refractivity contribution >= 4 is 40.6 Å². The number of thiophene rings is 1. The van der Waals surface area contributed by atoms with Crippen molar-refractivity contribution in [3.05, 3.63) is 52.2 Å². The SMILES string of the molecule is C[C@@H](Sc1nnnn1Cc1cccs1)C(=O)Nc1ccc(C(N)=O)cc1. The van der Waals surface area contributed by atoms with E-state index >= 15 is 0 Å². The number of carbonyl (C=O) groups excluding carboxylic acids is 2.